The summed E-state index contributed by atoms with van der Waals surface area (Å²) < 4.78 is 51.1. The van der Waals surface area contributed by atoms with E-state index in [1.165, 1.54) is 17.7 Å². The van der Waals surface area contributed by atoms with E-state index >= 15 is 0 Å². The highest BCUT2D eigenvalue weighted by Crippen LogP contribution is 2.49. The third kappa shape index (κ3) is 10.2. The summed E-state index contributed by atoms with van der Waals surface area (Å²) in [4.78, 5) is 29.7. The molecule has 0 aromatic heterocycles. The summed E-state index contributed by atoms with van der Waals surface area (Å²) >= 11 is 0. The van der Waals surface area contributed by atoms with Gasteiger partial charge in [0.25, 0.3) is 0 Å². The number of hydrogen-bond donors (Lipinski definition) is 2. The maximum Gasteiger partial charge on any atom is 0.416 e. The molecule has 6 rings (SSSR count). The number of carbonyl (C=O) groups excluding carboxylic acids is 1. The van der Waals surface area contributed by atoms with Gasteiger partial charge in [-0.15, -0.1) is 12.4 Å². The molecule has 2 aliphatic rings. The first-order valence-electron chi connectivity index (χ1n) is 17.5. The summed E-state index contributed by atoms with van der Waals surface area (Å²) in [6.07, 6.45) is -5.39. The standard InChI is InChI=1S/C41H44F3N3O5.ClH/c1-40(2,3)29-13-19-33(20-14-29)52-36(38(48)49)23-27-9-17-32(18-10-27)51-22-21-47(39(50)45-31-15-11-30(12-16-31)41(42,43)44)37-34-25-46(26-35(34)37)24-28-7-5-4-6-8-28;/h4-20,34-37H,21-26H2,1-3H3,(H,45,50)(H,48,49);1H/t34?,35?,36-,37?;/m0./s1. The Labute approximate surface area is 314 Å². The highest BCUT2D eigenvalue weighted by atomic mass is 35.5. The number of likely N-dealkylation sites (tertiary alicyclic amines) is 1. The van der Waals surface area contributed by atoms with Crippen LogP contribution in [0.3, 0.4) is 0 Å². The van der Waals surface area contributed by atoms with Crippen LogP contribution < -0.4 is 14.8 Å². The van der Waals surface area contributed by atoms with Crippen molar-refractivity contribution in [3.8, 4) is 11.5 Å². The normalized spacial score (nSPS) is 18.6. The molecule has 1 aliphatic carbocycles. The number of fused-ring (bicyclic) bond motifs is 1. The molecular formula is C41H45ClF3N3O5. The van der Waals surface area contributed by atoms with Crippen molar-refractivity contribution in [2.75, 3.05) is 31.6 Å². The summed E-state index contributed by atoms with van der Waals surface area (Å²) in [5, 5.41) is 12.6. The van der Waals surface area contributed by atoms with Gasteiger partial charge in [-0.2, -0.15) is 13.2 Å². The molecule has 2 fully saturated rings. The van der Waals surface area contributed by atoms with Crippen LogP contribution in [0.1, 0.15) is 43.0 Å². The number of aliphatic carboxylic acids is 1. The molecule has 12 heteroatoms. The summed E-state index contributed by atoms with van der Waals surface area (Å²) in [7, 11) is 0. The Balaban J connectivity index is 0.00000541. The van der Waals surface area contributed by atoms with Crippen LogP contribution in [-0.4, -0.2) is 65.3 Å². The monoisotopic (exact) mass is 751 g/mol. The molecule has 1 aliphatic heterocycles. The molecule has 0 bridgehead atoms. The molecule has 2 N–H and O–H groups in total. The smallest absolute Gasteiger partial charge is 0.416 e. The van der Waals surface area contributed by atoms with E-state index in [9.17, 15) is 27.9 Å². The van der Waals surface area contributed by atoms with Crippen LogP contribution >= 0.6 is 12.4 Å². The molecule has 2 unspecified atom stereocenters. The van der Waals surface area contributed by atoms with Gasteiger partial charge in [-0.05, 0) is 82.5 Å². The number of rotatable bonds is 13. The minimum atomic E-state index is -4.47. The average molecular weight is 752 g/mol. The van der Waals surface area contributed by atoms with Crippen LogP contribution in [0.2, 0.25) is 0 Å². The minimum Gasteiger partial charge on any atom is -0.492 e. The van der Waals surface area contributed by atoms with Crippen molar-refractivity contribution >= 4 is 30.1 Å². The van der Waals surface area contributed by atoms with Crippen molar-refractivity contribution in [3.05, 3.63) is 125 Å². The predicted molar refractivity (Wildman–Crippen MR) is 200 cm³/mol. The molecule has 1 heterocycles. The second kappa shape index (κ2) is 16.5. The lowest BCUT2D eigenvalue weighted by Gasteiger charge is -2.28. The number of alkyl halides is 3. The Morgan fingerprint density at radius 2 is 1.42 bits per heavy atom. The fraction of sp³-hybridized carbons (Fsp3) is 0.366. The largest absolute Gasteiger partial charge is 0.492 e. The van der Waals surface area contributed by atoms with E-state index in [0.29, 0.717) is 23.3 Å². The third-order valence-corrected chi connectivity index (χ3v) is 9.78. The average Bonchev–Trinajstić information content (AvgIpc) is 3.58. The van der Waals surface area contributed by atoms with E-state index < -0.39 is 23.8 Å². The van der Waals surface area contributed by atoms with Gasteiger partial charge in [-0.1, -0.05) is 75.4 Å². The third-order valence-electron chi connectivity index (χ3n) is 9.78. The molecule has 2 amide bonds. The number of hydrogen-bond acceptors (Lipinski definition) is 5. The van der Waals surface area contributed by atoms with E-state index in [2.05, 4.69) is 43.1 Å². The van der Waals surface area contributed by atoms with E-state index in [4.69, 9.17) is 9.47 Å². The number of carboxylic acids is 1. The first-order valence-corrected chi connectivity index (χ1v) is 17.5. The first-order chi connectivity index (χ1) is 24.7. The van der Waals surface area contributed by atoms with Crippen LogP contribution in [0.25, 0.3) is 0 Å². The van der Waals surface area contributed by atoms with Crippen LogP contribution in [0.15, 0.2) is 103 Å². The fourth-order valence-corrected chi connectivity index (χ4v) is 6.91. The SMILES string of the molecule is CC(C)(C)c1ccc(O[C@@H](Cc2ccc(OCCN(C(=O)Nc3ccc(C(F)(F)F)cc3)C3C4CN(Cc5ccccc5)CC43)cc2)C(=O)O)cc1.Cl. The molecule has 282 valence electrons. The summed E-state index contributed by atoms with van der Waals surface area (Å²) in [5.41, 5.74) is 2.57. The summed E-state index contributed by atoms with van der Waals surface area (Å²) in [6.45, 7) is 9.31. The van der Waals surface area contributed by atoms with Gasteiger partial charge in [0.2, 0.25) is 0 Å². The first kappa shape index (κ1) is 39.5. The number of carbonyl (C=O) groups is 2. The topological polar surface area (TPSA) is 91.3 Å². The molecule has 0 radical (unpaired) electrons. The molecule has 1 saturated carbocycles. The Bertz CT molecular complexity index is 1810. The molecule has 8 nitrogen and oxygen atoms in total. The van der Waals surface area contributed by atoms with Crippen molar-refractivity contribution in [2.24, 2.45) is 11.8 Å². The van der Waals surface area contributed by atoms with Crippen LogP contribution in [-0.2, 0) is 29.4 Å². The number of nitrogens with zero attached hydrogens (tertiary/aromatic N) is 2. The van der Waals surface area contributed by atoms with Gasteiger partial charge in [-0.25, -0.2) is 9.59 Å². The zero-order valence-electron chi connectivity index (χ0n) is 29.9. The van der Waals surface area contributed by atoms with Gasteiger partial charge in [0.1, 0.15) is 18.1 Å². The van der Waals surface area contributed by atoms with Crippen molar-refractivity contribution in [2.45, 2.75) is 57.5 Å². The second-order valence-electron chi connectivity index (χ2n) is 14.6. The highest BCUT2D eigenvalue weighted by Gasteiger charge is 2.59. The number of benzene rings is 4. The fourth-order valence-electron chi connectivity index (χ4n) is 6.91. The predicted octanol–water partition coefficient (Wildman–Crippen LogP) is 8.54. The molecule has 1 saturated heterocycles. The Morgan fingerprint density at radius 3 is 1.98 bits per heavy atom. The van der Waals surface area contributed by atoms with Gasteiger partial charge in [0.15, 0.2) is 6.10 Å². The zero-order chi connectivity index (χ0) is 37.0. The van der Waals surface area contributed by atoms with Gasteiger partial charge in [0.05, 0.1) is 12.1 Å². The molecular weight excluding hydrogens is 707 g/mol. The van der Waals surface area contributed by atoms with E-state index in [1.807, 2.05) is 30.3 Å². The van der Waals surface area contributed by atoms with E-state index in [1.54, 1.807) is 41.3 Å². The van der Waals surface area contributed by atoms with Crippen molar-refractivity contribution < 1.29 is 37.3 Å². The van der Waals surface area contributed by atoms with Gasteiger partial charge >= 0.3 is 18.2 Å². The summed E-state index contributed by atoms with van der Waals surface area (Å²) in [6, 6.07) is 28.8. The molecule has 53 heavy (non-hydrogen) atoms. The number of nitrogens with one attached hydrogen (secondary N) is 1. The van der Waals surface area contributed by atoms with Gasteiger partial charge in [-0.3, -0.25) is 4.90 Å². The second-order valence-corrected chi connectivity index (χ2v) is 14.6. The number of urea groups is 1. The van der Waals surface area contributed by atoms with Crippen molar-refractivity contribution in [1.29, 1.82) is 0 Å². The zero-order valence-corrected chi connectivity index (χ0v) is 30.7. The van der Waals surface area contributed by atoms with Crippen LogP contribution in [0.5, 0.6) is 11.5 Å². The lowest BCUT2D eigenvalue weighted by Crippen LogP contribution is -2.43. The minimum absolute atomic E-state index is 0. The van der Waals surface area contributed by atoms with Gasteiger partial charge < -0.3 is 24.8 Å². The Kier molecular flexibility index (Phi) is 12.3. The van der Waals surface area contributed by atoms with Crippen LogP contribution in [0.4, 0.5) is 23.7 Å². The van der Waals surface area contributed by atoms with Crippen LogP contribution in [0, 0.1) is 11.8 Å². The van der Waals surface area contributed by atoms with E-state index in [0.717, 1.165) is 42.9 Å². The number of piperidine rings is 1. The molecule has 3 atom stereocenters. The number of carboxylic acid groups (broad SMARTS) is 1. The van der Waals surface area contributed by atoms with Gasteiger partial charge in [0, 0.05) is 37.8 Å². The Morgan fingerprint density at radius 1 is 0.830 bits per heavy atom. The lowest BCUT2D eigenvalue weighted by atomic mass is 9.87. The molecule has 4 aromatic carbocycles. The maximum absolute atomic E-state index is 13.6. The summed E-state index contributed by atoms with van der Waals surface area (Å²) in [5.74, 6) is 0.561. The van der Waals surface area contributed by atoms with Crippen molar-refractivity contribution in [1.82, 2.24) is 9.80 Å². The number of anilines is 1. The van der Waals surface area contributed by atoms with E-state index in [-0.39, 0.29) is 55.2 Å². The number of halogens is 4. The highest BCUT2D eigenvalue weighted by molar-refractivity contribution is 5.90. The van der Waals surface area contributed by atoms with Crippen molar-refractivity contribution in [3.63, 3.8) is 0 Å². The number of amides is 2. The maximum atomic E-state index is 13.6. The lowest BCUT2D eigenvalue weighted by molar-refractivity contribution is -0.145. The quantitative estimate of drug-likeness (QED) is 0.142. The number of ether oxygens (including phenoxy) is 2. The molecule has 4 aromatic rings. The Hall–Kier alpha value is -4.74. The molecule has 0 spiro atoms.